The first-order chi connectivity index (χ1) is 11.7. The maximum Gasteiger partial charge on any atom is 0.313 e. The van der Waals surface area contributed by atoms with Gasteiger partial charge >= 0.3 is 5.97 Å². The SMILES string of the molecule is C=CCn1c(Cc2cccc3ccccc23)nnc1SCC(=O)O. The van der Waals surface area contributed by atoms with Crippen molar-refractivity contribution in [2.75, 3.05) is 5.75 Å². The molecule has 0 fully saturated rings. The molecule has 0 unspecified atom stereocenters. The van der Waals surface area contributed by atoms with E-state index in [2.05, 4.69) is 41.0 Å². The minimum Gasteiger partial charge on any atom is -0.481 e. The summed E-state index contributed by atoms with van der Waals surface area (Å²) in [5.74, 6) is -0.105. The molecule has 0 aliphatic heterocycles. The molecule has 0 amide bonds. The first kappa shape index (κ1) is 16.3. The Kier molecular flexibility index (Phi) is 4.96. The number of aromatic nitrogens is 3. The second kappa shape index (κ2) is 7.31. The van der Waals surface area contributed by atoms with Gasteiger partial charge in [-0.3, -0.25) is 4.79 Å². The van der Waals surface area contributed by atoms with E-state index in [4.69, 9.17) is 5.11 Å². The van der Waals surface area contributed by atoms with Crippen molar-refractivity contribution in [3.05, 3.63) is 66.5 Å². The Bertz CT molecular complexity index is 884. The number of aliphatic carboxylic acids is 1. The standard InChI is InChI=1S/C18H17N3O2S/c1-2-10-21-16(19-20-18(21)24-12-17(22)23)11-14-8-5-7-13-6-3-4-9-15(13)14/h2-9H,1,10-12H2,(H,22,23). The molecule has 0 aliphatic rings. The van der Waals surface area contributed by atoms with Crippen LogP contribution in [0.15, 0.2) is 60.3 Å². The van der Waals surface area contributed by atoms with Crippen LogP contribution in [0.25, 0.3) is 10.8 Å². The summed E-state index contributed by atoms with van der Waals surface area (Å²) < 4.78 is 1.92. The molecular weight excluding hydrogens is 322 g/mol. The molecule has 6 heteroatoms. The van der Waals surface area contributed by atoms with Crippen LogP contribution in [0.4, 0.5) is 0 Å². The molecule has 3 aromatic rings. The summed E-state index contributed by atoms with van der Waals surface area (Å²) in [6.45, 7) is 4.32. The summed E-state index contributed by atoms with van der Waals surface area (Å²) in [6.07, 6.45) is 2.40. The smallest absolute Gasteiger partial charge is 0.313 e. The van der Waals surface area contributed by atoms with Gasteiger partial charge in [0.25, 0.3) is 0 Å². The Morgan fingerprint density at radius 3 is 2.79 bits per heavy atom. The molecule has 0 bridgehead atoms. The van der Waals surface area contributed by atoms with E-state index in [1.165, 1.54) is 28.1 Å². The zero-order valence-corrected chi connectivity index (χ0v) is 13.9. The van der Waals surface area contributed by atoms with E-state index >= 15 is 0 Å². The fraction of sp³-hybridized carbons (Fsp3) is 0.167. The van der Waals surface area contributed by atoms with Crippen molar-refractivity contribution in [1.82, 2.24) is 14.8 Å². The van der Waals surface area contributed by atoms with Crippen LogP contribution in [-0.4, -0.2) is 31.6 Å². The molecule has 3 rings (SSSR count). The van der Waals surface area contributed by atoms with Crippen LogP contribution in [0.5, 0.6) is 0 Å². The van der Waals surface area contributed by atoms with Crippen molar-refractivity contribution < 1.29 is 9.90 Å². The molecule has 0 saturated heterocycles. The topological polar surface area (TPSA) is 68.0 Å². The predicted molar refractivity (Wildman–Crippen MR) is 95.3 cm³/mol. The second-order valence-electron chi connectivity index (χ2n) is 5.30. The van der Waals surface area contributed by atoms with Gasteiger partial charge < -0.3 is 9.67 Å². The van der Waals surface area contributed by atoms with Gasteiger partial charge in [0.05, 0.1) is 5.75 Å². The van der Waals surface area contributed by atoms with Gasteiger partial charge in [0.2, 0.25) is 0 Å². The number of carboxylic acid groups (broad SMARTS) is 1. The number of carbonyl (C=O) groups is 1. The number of rotatable bonds is 7. The van der Waals surface area contributed by atoms with Gasteiger partial charge in [-0.1, -0.05) is 60.3 Å². The number of fused-ring (bicyclic) bond motifs is 1. The quantitative estimate of drug-likeness (QED) is 0.528. The maximum atomic E-state index is 10.8. The fourth-order valence-corrected chi connectivity index (χ4v) is 3.30. The van der Waals surface area contributed by atoms with Gasteiger partial charge in [-0.15, -0.1) is 16.8 Å². The summed E-state index contributed by atoms with van der Waals surface area (Å²) >= 11 is 1.17. The first-order valence-electron chi connectivity index (χ1n) is 7.53. The Morgan fingerprint density at radius 2 is 2.00 bits per heavy atom. The third-order valence-corrected chi connectivity index (χ3v) is 4.61. The van der Waals surface area contributed by atoms with Crippen molar-refractivity contribution in [3.63, 3.8) is 0 Å². The minimum absolute atomic E-state index is 0.0382. The normalized spacial score (nSPS) is 10.8. The van der Waals surface area contributed by atoms with E-state index in [1.54, 1.807) is 6.08 Å². The molecule has 24 heavy (non-hydrogen) atoms. The summed E-state index contributed by atoms with van der Waals surface area (Å²) in [4.78, 5) is 10.8. The summed E-state index contributed by atoms with van der Waals surface area (Å²) in [6, 6.07) is 14.4. The summed E-state index contributed by atoms with van der Waals surface area (Å²) in [5.41, 5.74) is 1.17. The zero-order chi connectivity index (χ0) is 16.9. The third-order valence-electron chi connectivity index (χ3n) is 3.66. The number of hydrogen-bond donors (Lipinski definition) is 1. The molecule has 2 aromatic carbocycles. The van der Waals surface area contributed by atoms with E-state index in [9.17, 15) is 4.79 Å². The average molecular weight is 339 g/mol. The Labute approximate surface area is 144 Å². The number of hydrogen-bond acceptors (Lipinski definition) is 4. The lowest BCUT2D eigenvalue weighted by atomic mass is 10.0. The molecule has 0 radical (unpaired) electrons. The van der Waals surface area contributed by atoms with Crippen LogP contribution in [0.2, 0.25) is 0 Å². The summed E-state index contributed by atoms with van der Waals surface area (Å²) in [5, 5.41) is 20.2. The number of nitrogens with zero attached hydrogens (tertiary/aromatic N) is 3. The minimum atomic E-state index is -0.872. The van der Waals surface area contributed by atoms with E-state index in [0.717, 1.165) is 5.82 Å². The Morgan fingerprint density at radius 1 is 1.21 bits per heavy atom. The second-order valence-corrected chi connectivity index (χ2v) is 6.24. The predicted octanol–water partition coefficient (Wildman–Crippen LogP) is 3.38. The number of benzene rings is 2. The molecule has 1 aromatic heterocycles. The van der Waals surface area contributed by atoms with Crippen molar-refractivity contribution in [2.24, 2.45) is 0 Å². The largest absolute Gasteiger partial charge is 0.481 e. The van der Waals surface area contributed by atoms with Crippen LogP contribution in [0.1, 0.15) is 11.4 Å². The highest BCUT2D eigenvalue weighted by Crippen LogP contribution is 2.23. The van der Waals surface area contributed by atoms with Crippen LogP contribution in [0.3, 0.4) is 0 Å². The molecule has 0 atom stereocenters. The number of thioether (sulfide) groups is 1. The lowest BCUT2D eigenvalue weighted by Crippen LogP contribution is -2.06. The van der Waals surface area contributed by atoms with Gasteiger partial charge in [0.1, 0.15) is 5.82 Å². The van der Waals surface area contributed by atoms with Crippen LogP contribution >= 0.6 is 11.8 Å². The molecular formula is C18H17N3O2S. The first-order valence-corrected chi connectivity index (χ1v) is 8.52. The van der Waals surface area contributed by atoms with E-state index in [0.29, 0.717) is 18.1 Å². The van der Waals surface area contributed by atoms with Crippen LogP contribution < -0.4 is 0 Å². The molecule has 0 aliphatic carbocycles. The third kappa shape index (κ3) is 3.49. The van der Waals surface area contributed by atoms with Gasteiger partial charge in [0, 0.05) is 13.0 Å². The van der Waals surface area contributed by atoms with Crippen LogP contribution in [0, 0.1) is 0 Å². The van der Waals surface area contributed by atoms with Gasteiger partial charge in [0.15, 0.2) is 5.16 Å². The Hall–Kier alpha value is -2.60. The fourth-order valence-electron chi connectivity index (χ4n) is 2.61. The van der Waals surface area contributed by atoms with Gasteiger partial charge in [-0.05, 0) is 16.3 Å². The van der Waals surface area contributed by atoms with Crippen molar-refractivity contribution in [1.29, 1.82) is 0 Å². The lowest BCUT2D eigenvalue weighted by molar-refractivity contribution is -0.133. The lowest BCUT2D eigenvalue weighted by Gasteiger charge is -2.09. The van der Waals surface area contributed by atoms with Crippen LogP contribution in [-0.2, 0) is 17.8 Å². The number of allylic oxidation sites excluding steroid dienone is 1. The molecule has 0 spiro atoms. The van der Waals surface area contributed by atoms with Crippen molar-refractivity contribution >= 4 is 28.5 Å². The highest BCUT2D eigenvalue weighted by Gasteiger charge is 2.14. The molecule has 0 saturated carbocycles. The highest BCUT2D eigenvalue weighted by molar-refractivity contribution is 7.99. The van der Waals surface area contributed by atoms with Gasteiger partial charge in [-0.2, -0.15) is 0 Å². The van der Waals surface area contributed by atoms with Crippen molar-refractivity contribution in [2.45, 2.75) is 18.1 Å². The van der Waals surface area contributed by atoms with E-state index in [-0.39, 0.29) is 5.75 Å². The monoisotopic (exact) mass is 339 g/mol. The molecule has 122 valence electrons. The Balaban J connectivity index is 1.94. The zero-order valence-electron chi connectivity index (χ0n) is 13.1. The average Bonchev–Trinajstić information content (AvgIpc) is 2.96. The molecule has 5 nitrogen and oxygen atoms in total. The summed E-state index contributed by atoms with van der Waals surface area (Å²) in [7, 11) is 0. The van der Waals surface area contributed by atoms with E-state index < -0.39 is 5.97 Å². The highest BCUT2D eigenvalue weighted by atomic mass is 32.2. The maximum absolute atomic E-state index is 10.8. The van der Waals surface area contributed by atoms with E-state index in [1.807, 2.05) is 22.8 Å². The molecule has 1 N–H and O–H groups in total. The van der Waals surface area contributed by atoms with Gasteiger partial charge in [-0.25, -0.2) is 0 Å². The number of carboxylic acids is 1. The van der Waals surface area contributed by atoms with Crippen molar-refractivity contribution in [3.8, 4) is 0 Å². The molecule has 1 heterocycles.